The number of hydrazine groups is 1. The van der Waals surface area contributed by atoms with Gasteiger partial charge in [-0.2, -0.15) is 13.2 Å². The molecule has 1 heterocycles. The van der Waals surface area contributed by atoms with E-state index in [2.05, 4.69) is 10.2 Å². The van der Waals surface area contributed by atoms with Crippen LogP contribution in [0.2, 0.25) is 0 Å². The number of rotatable bonds is 6. The summed E-state index contributed by atoms with van der Waals surface area (Å²) in [5.41, 5.74) is 2.51. The minimum absolute atomic E-state index is 0.0870. The van der Waals surface area contributed by atoms with Crippen molar-refractivity contribution in [2.24, 2.45) is 5.84 Å². The Labute approximate surface area is 117 Å². The van der Waals surface area contributed by atoms with Gasteiger partial charge in [-0.1, -0.05) is 12.1 Å². The summed E-state index contributed by atoms with van der Waals surface area (Å²) in [6.45, 7) is -1.48. The number of fused-ring (bicyclic) bond motifs is 1. The summed E-state index contributed by atoms with van der Waals surface area (Å²) in [5, 5.41) is 0.557. The standard InChI is InChI=1S/C13H14F4N2O2/c14-9-3-1-2-8-6-11(21-12(8)9)10(19-18)4-5-20-7-13(15,16)17/h1-3,6,10,19H,4-5,7,18H2. The van der Waals surface area contributed by atoms with E-state index < -0.39 is 24.6 Å². The van der Waals surface area contributed by atoms with Gasteiger partial charge in [-0.05, 0) is 18.6 Å². The van der Waals surface area contributed by atoms with Gasteiger partial charge >= 0.3 is 6.18 Å². The predicted octanol–water partition coefficient (Wildman–Crippen LogP) is 3.05. The second-order valence-corrected chi connectivity index (χ2v) is 4.48. The van der Waals surface area contributed by atoms with Gasteiger partial charge in [0, 0.05) is 12.0 Å². The molecule has 0 aliphatic heterocycles. The fraction of sp³-hybridized carbons (Fsp3) is 0.385. The van der Waals surface area contributed by atoms with Crippen molar-refractivity contribution in [1.82, 2.24) is 5.43 Å². The van der Waals surface area contributed by atoms with Gasteiger partial charge in [-0.25, -0.2) is 9.82 Å². The molecule has 1 unspecified atom stereocenters. The van der Waals surface area contributed by atoms with E-state index in [1.54, 1.807) is 12.1 Å². The number of nitrogens with two attached hydrogens (primary N) is 1. The maximum Gasteiger partial charge on any atom is 0.411 e. The third kappa shape index (κ3) is 4.16. The molecule has 21 heavy (non-hydrogen) atoms. The first-order chi connectivity index (χ1) is 9.90. The quantitative estimate of drug-likeness (QED) is 0.373. The zero-order valence-electron chi connectivity index (χ0n) is 10.9. The van der Waals surface area contributed by atoms with Gasteiger partial charge in [0.15, 0.2) is 11.4 Å². The van der Waals surface area contributed by atoms with Crippen LogP contribution >= 0.6 is 0 Å². The Morgan fingerprint density at radius 2 is 2.10 bits per heavy atom. The molecule has 1 aromatic carbocycles. The normalized spacial score (nSPS) is 13.8. The van der Waals surface area contributed by atoms with Crippen LogP contribution in [0.25, 0.3) is 11.0 Å². The topological polar surface area (TPSA) is 60.4 Å². The highest BCUT2D eigenvalue weighted by Gasteiger charge is 2.27. The van der Waals surface area contributed by atoms with E-state index >= 15 is 0 Å². The molecule has 0 bridgehead atoms. The summed E-state index contributed by atoms with van der Waals surface area (Å²) >= 11 is 0. The van der Waals surface area contributed by atoms with Crippen LogP contribution in [0.1, 0.15) is 18.2 Å². The van der Waals surface area contributed by atoms with Gasteiger partial charge in [0.2, 0.25) is 0 Å². The van der Waals surface area contributed by atoms with Crippen LogP contribution in [0.5, 0.6) is 0 Å². The minimum atomic E-state index is -4.37. The first kappa shape index (κ1) is 15.7. The van der Waals surface area contributed by atoms with Crippen molar-refractivity contribution in [3.63, 3.8) is 0 Å². The average Bonchev–Trinajstić information content (AvgIpc) is 2.83. The number of hydrogen-bond donors (Lipinski definition) is 2. The van der Waals surface area contributed by atoms with E-state index in [-0.39, 0.29) is 18.6 Å². The molecular weight excluding hydrogens is 292 g/mol. The largest absolute Gasteiger partial charge is 0.456 e. The van der Waals surface area contributed by atoms with Crippen LogP contribution in [-0.2, 0) is 4.74 Å². The summed E-state index contributed by atoms with van der Waals surface area (Å²) in [5.74, 6) is 5.18. The molecule has 2 rings (SSSR count). The fourth-order valence-electron chi connectivity index (χ4n) is 1.92. The maximum atomic E-state index is 13.5. The number of alkyl halides is 3. The molecule has 0 spiro atoms. The Bertz CT molecular complexity index is 597. The van der Waals surface area contributed by atoms with Gasteiger partial charge in [-0.15, -0.1) is 0 Å². The summed E-state index contributed by atoms with van der Waals surface area (Å²) < 4.78 is 59.2. The second kappa shape index (κ2) is 6.42. The number of benzene rings is 1. The lowest BCUT2D eigenvalue weighted by molar-refractivity contribution is -0.174. The highest BCUT2D eigenvalue weighted by Crippen LogP contribution is 2.27. The van der Waals surface area contributed by atoms with E-state index in [9.17, 15) is 17.6 Å². The Balaban J connectivity index is 2.01. The van der Waals surface area contributed by atoms with Crippen molar-refractivity contribution in [1.29, 1.82) is 0 Å². The molecule has 1 aromatic heterocycles. The van der Waals surface area contributed by atoms with Gasteiger partial charge in [0.05, 0.1) is 6.04 Å². The molecule has 0 aliphatic carbocycles. The molecule has 0 aliphatic rings. The molecule has 0 fully saturated rings. The van der Waals surface area contributed by atoms with Gasteiger partial charge in [0.25, 0.3) is 0 Å². The third-order valence-corrected chi connectivity index (χ3v) is 2.88. The number of hydrogen-bond acceptors (Lipinski definition) is 4. The number of halogens is 4. The smallest absolute Gasteiger partial charge is 0.411 e. The zero-order valence-corrected chi connectivity index (χ0v) is 10.9. The zero-order chi connectivity index (χ0) is 15.5. The Morgan fingerprint density at radius 3 is 2.71 bits per heavy atom. The summed E-state index contributed by atoms with van der Waals surface area (Å²) in [7, 11) is 0. The lowest BCUT2D eigenvalue weighted by Crippen LogP contribution is -2.29. The highest BCUT2D eigenvalue weighted by atomic mass is 19.4. The SMILES string of the molecule is NNC(CCOCC(F)(F)F)c1cc2cccc(F)c2o1. The van der Waals surface area contributed by atoms with Crippen LogP contribution in [-0.4, -0.2) is 19.4 Å². The number of furan rings is 1. The van der Waals surface area contributed by atoms with E-state index in [0.717, 1.165) is 0 Å². The molecule has 4 nitrogen and oxygen atoms in total. The van der Waals surface area contributed by atoms with Crippen LogP contribution in [0.4, 0.5) is 17.6 Å². The molecule has 1 atom stereocenters. The molecular formula is C13H14F4N2O2. The van der Waals surface area contributed by atoms with Crippen LogP contribution in [0.3, 0.4) is 0 Å². The average molecular weight is 306 g/mol. The molecule has 3 N–H and O–H groups in total. The van der Waals surface area contributed by atoms with Gasteiger partial charge < -0.3 is 9.15 Å². The Morgan fingerprint density at radius 1 is 1.33 bits per heavy atom. The number of nitrogens with one attached hydrogen (secondary N) is 1. The monoisotopic (exact) mass is 306 g/mol. The molecule has 8 heteroatoms. The van der Waals surface area contributed by atoms with Crippen LogP contribution in [0, 0.1) is 5.82 Å². The molecule has 0 saturated carbocycles. The van der Waals surface area contributed by atoms with Crippen LogP contribution < -0.4 is 11.3 Å². The first-order valence-corrected chi connectivity index (χ1v) is 6.19. The molecule has 0 amide bonds. The third-order valence-electron chi connectivity index (χ3n) is 2.88. The Hall–Kier alpha value is -1.64. The lowest BCUT2D eigenvalue weighted by Gasteiger charge is -2.13. The summed E-state index contributed by atoms with van der Waals surface area (Å²) in [4.78, 5) is 0. The van der Waals surface area contributed by atoms with Crippen molar-refractivity contribution in [3.05, 3.63) is 35.8 Å². The first-order valence-electron chi connectivity index (χ1n) is 6.19. The molecule has 2 aromatic rings. The van der Waals surface area contributed by atoms with Crippen molar-refractivity contribution in [2.45, 2.75) is 18.6 Å². The van der Waals surface area contributed by atoms with Gasteiger partial charge in [-0.3, -0.25) is 5.84 Å². The van der Waals surface area contributed by atoms with E-state index in [4.69, 9.17) is 10.3 Å². The summed E-state index contributed by atoms with van der Waals surface area (Å²) in [6, 6.07) is 5.48. The highest BCUT2D eigenvalue weighted by molar-refractivity contribution is 5.78. The van der Waals surface area contributed by atoms with Gasteiger partial charge in [0.1, 0.15) is 12.4 Å². The summed E-state index contributed by atoms with van der Waals surface area (Å²) in [6.07, 6.45) is -4.21. The molecule has 0 radical (unpaired) electrons. The molecule has 0 saturated heterocycles. The van der Waals surface area contributed by atoms with Crippen molar-refractivity contribution < 1.29 is 26.7 Å². The minimum Gasteiger partial charge on any atom is -0.456 e. The van der Waals surface area contributed by atoms with Crippen molar-refractivity contribution in [3.8, 4) is 0 Å². The lowest BCUT2D eigenvalue weighted by atomic mass is 10.1. The number of para-hydroxylation sites is 1. The van der Waals surface area contributed by atoms with E-state index in [1.807, 2.05) is 0 Å². The van der Waals surface area contributed by atoms with E-state index in [1.165, 1.54) is 12.1 Å². The maximum absolute atomic E-state index is 13.5. The van der Waals surface area contributed by atoms with Crippen molar-refractivity contribution in [2.75, 3.05) is 13.2 Å². The van der Waals surface area contributed by atoms with E-state index in [0.29, 0.717) is 11.1 Å². The number of ether oxygens (including phenoxy) is 1. The second-order valence-electron chi connectivity index (χ2n) is 4.48. The fourth-order valence-corrected chi connectivity index (χ4v) is 1.92. The Kier molecular flexibility index (Phi) is 4.81. The van der Waals surface area contributed by atoms with Crippen LogP contribution in [0.15, 0.2) is 28.7 Å². The predicted molar refractivity (Wildman–Crippen MR) is 67.7 cm³/mol. The van der Waals surface area contributed by atoms with Crippen molar-refractivity contribution >= 4 is 11.0 Å². The molecule has 116 valence electrons.